The van der Waals surface area contributed by atoms with Crippen molar-refractivity contribution in [3.63, 3.8) is 0 Å². The molecule has 0 aliphatic carbocycles. The van der Waals surface area contributed by atoms with Crippen molar-refractivity contribution in [2.45, 2.75) is 32.2 Å². The highest BCUT2D eigenvalue weighted by Crippen LogP contribution is 2.28. The molecule has 1 aliphatic rings. The molecule has 1 aliphatic heterocycles. The van der Waals surface area contributed by atoms with Crippen LogP contribution in [0.1, 0.15) is 40.9 Å². The molecule has 0 radical (unpaired) electrons. The molecule has 180 valence electrons. The summed E-state index contributed by atoms with van der Waals surface area (Å²) in [5, 5.41) is 8.06. The number of rotatable bonds is 7. The molecule has 4 aromatic rings. The highest BCUT2D eigenvalue weighted by molar-refractivity contribution is 5.95. The van der Waals surface area contributed by atoms with E-state index in [0.29, 0.717) is 23.8 Å². The number of benzene rings is 1. The zero-order valence-electron chi connectivity index (χ0n) is 19.9. The highest BCUT2D eigenvalue weighted by Gasteiger charge is 2.23. The lowest BCUT2D eigenvalue weighted by Crippen LogP contribution is -2.32. The molecule has 8 heteroatoms. The third-order valence-electron chi connectivity index (χ3n) is 6.60. The van der Waals surface area contributed by atoms with Crippen LogP contribution in [-0.2, 0) is 13.0 Å². The number of carbonyl (C=O) groups is 1. The standard InChI is InChI=1S/C27H30N6O2/c1-35-25-8-6-22(17-24(25)30-19-21-4-2-11-28-18-21)27(34)32-13-3-5-20(10-14-32)16-23-7-9-26-29-12-15-33(26)31-23/h2,4,6-9,11-12,15,17-18,20,30H,3,5,10,13-14,16,19H2,1H3. The molecule has 35 heavy (non-hydrogen) atoms. The molecular weight excluding hydrogens is 440 g/mol. The Morgan fingerprint density at radius 2 is 2.09 bits per heavy atom. The van der Waals surface area contributed by atoms with E-state index in [1.807, 2.05) is 58.2 Å². The second-order valence-corrected chi connectivity index (χ2v) is 8.98. The quantitative estimate of drug-likeness (QED) is 0.435. The largest absolute Gasteiger partial charge is 0.495 e. The highest BCUT2D eigenvalue weighted by atomic mass is 16.5. The number of imidazole rings is 1. The van der Waals surface area contributed by atoms with Gasteiger partial charge in [-0.2, -0.15) is 5.10 Å². The van der Waals surface area contributed by atoms with Crippen LogP contribution in [0.3, 0.4) is 0 Å². The third kappa shape index (κ3) is 5.42. The fourth-order valence-corrected chi connectivity index (χ4v) is 4.69. The van der Waals surface area contributed by atoms with Gasteiger partial charge in [-0.15, -0.1) is 0 Å². The van der Waals surface area contributed by atoms with Crippen LogP contribution in [-0.4, -0.2) is 50.6 Å². The molecule has 0 bridgehead atoms. The van der Waals surface area contributed by atoms with Gasteiger partial charge in [0.15, 0.2) is 5.65 Å². The Morgan fingerprint density at radius 1 is 1.14 bits per heavy atom. The van der Waals surface area contributed by atoms with E-state index in [4.69, 9.17) is 4.74 Å². The number of nitrogens with zero attached hydrogens (tertiary/aromatic N) is 5. The van der Waals surface area contributed by atoms with Crippen LogP contribution in [0.4, 0.5) is 5.69 Å². The number of pyridine rings is 1. The van der Waals surface area contributed by atoms with Crippen molar-refractivity contribution in [3.8, 4) is 5.75 Å². The summed E-state index contributed by atoms with van der Waals surface area (Å²) in [6.45, 7) is 2.13. The summed E-state index contributed by atoms with van der Waals surface area (Å²) >= 11 is 0. The van der Waals surface area contributed by atoms with Crippen LogP contribution in [0.15, 0.2) is 67.3 Å². The minimum atomic E-state index is 0.0655. The number of carbonyl (C=O) groups excluding carboxylic acids is 1. The summed E-state index contributed by atoms with van der Waals surface area (Å²) in [6, 6.07) is 13.6. The van der Waals surface area contributed by atoms with Crippen molar-refractivity contribution in [3.05, 3.63) is 84.1 Å². The fourth-order valence-electron chi connectivity index (χ4n) is 4.69. The average Bonchev–Trinajstić information content (AvgIpc) is 3.25. The molecule has 0 saturated carbocycles. The summed E-state index contributed by atoms with van der Waals surface area (Å²) in [7, 11) is 1.64. The number of nitrogens with one attached hydrogen (secondary N) is 1. The topological polar surface area (TPSA) is 84.7 Å². The summed E-state index contributed by atoms with van der Waals surface area (Å²) in [6.07, 6.45) is 11.2. The van der Waals surface area contributed by atoms with Gasteiger partial charge >= 0.3 is 0 Å². The Morgan fingerprint density at radius 3 is 2.94 bits per heavy atom. The molecule has 4 heterocycles. The fraction of sp³-hybridized carbons (Fsp3) is 0.333. The van der Waals surface area contributed by atoms with Gasteiger partial charge in [0.2, 0.25) is 0 Å². The minimum Gasteiger partial charge on any atom is -0.495 e. The van der Waals surface area contributed by atoms with Crippen molar-refractivity contribution in [2.75, 3.05) is 25.5 Å². The first-order valence-corrected chi connectivity index (χ1v) is 12.1. The molecule has 1 atom stereocenters. The number of anilines is 1. The summed E-state index contributed by atoms with van der Waals surface area (Å²) < 4.78 is 7.34. The Kier molecular flexibility index (Phi) is 6.88. The van der Waals surface area contributed by atoms with Gasteiger partial charge in [-0.1, -0.05) is 6.07 Å². The maximum Gasteiger partial charge on any atom is 0.253 e. The maximum absolute atomic E-state index is 13.4. The Labute approximate surface area is 205 Å². The Hall–Kier alpha value is -3.94. The van der Waals surface area contributed by atoms with Gasteiger partial charge in [0.05, 0.1) is 18.5 Å². The maximum atomic E-state index is 13.4. The van der Waals surface area contributed by atoms with Gasteiger partial charge in [0, 0.05) is 50.0 Å². The number of hydrogen-bond acceptors (Lipinski definition) is 6. The zero-order chi connectivity index (χ0) is 24.0. The van der Waals surface area contributed by atoms with Gasteiger partial charge in [-0.05, 0) is 73.6 Å². The lowest BCUT2D eigenvalue weighted by Gasteiger charge is -2.22. The third-order valence-corrected chi connectivity index (χ3v) is 6.60. The Balaban J connectivity index is 1.23. The predicted molar refractivity (Wildman–Crippen MR) is 134 cm³/mol. The zero-order valence-corrected chi connectivity index (χ0v) is 19.9. The number of hydrogen-bond donors (Lipinski definition) is 1. The second kappa shape index (κ2) is 10.5. The van der Waals surface area contributed by atoms with Crippen LogP contribution < -0.4 is 10.1 Å². The molecule has 8 nitrogen and oxygen atoms in total. The molecule has 1 aromatic carbocycles. The van der Waals surface area contributed by atoms with E-state index in [1.54, 1.807) is 19.5 Å². The van der Waals surface area contributed by atoms with Gasteiger partial charge in [0.25, 0.3) is 5.91 Å². The first-order valence-electron chi connectivity index (χ1n) is 12.1. The minimum absolute atomic E-state index is 0.0655. The molecule has 1 fully saturated rings. The molecule has 1 saturated heterocycles. The SMILES string of the molecule is COc1ccc(C(=O)N2CCCC(Cc3ccc4nccn4n3)CC2)cc1NCc1cccnc1. The van der Waals surface area contributed by atoms with E-state index in [-0.39, 0.29) is 5.91 Å². The van der Waals surface area contributed by atoms with Crippen LogP contribution in [0.25, 0.3) is 5.65 Å². The molecule has 0 spiro atoms. The number of methoxy groups -OCH3 is 1. The van der Waals surface area contributed by atoms with E-state index in [9.17, 15) is 4.79 Å². The van der Waals surface area contributed by atoms with Crippen LogP contribution >= 0.6 is 0 Å². The van der Waals surface area contributed by atoms with Crippen molar-refractivity contribution in [1.82, 2.24) is 24.5 Å². The van der Waals surface area contributed by atoms with Crippen LogP contribution in [0.2, 0.25) is 0 Å². The van der Waals surface area contributed by atoms with E-state index in [1.165, 1.54) is 0 Å². The Bertz CT molecular complexity index is 1290. The summed E-state index contributed by atoms with van der Waals surface area (Å²) in [4.78, 5) is 23.8. The molecule has 1 unspecified atom stereocenters. The van der Waals surface area contributed by atoms with Crippen molar-refractivity contribution in [1.29, 1.82) is 0 Å². The summed E-state index contributed by atoms with van der Waals surface area (Å²) in [5.41, 5.74) is 4.47. The molecular formula is C27H30N6O2. The van der Waals surface area contributed by atoms with Gasteiger partial charge in [-0.3, -0.25) is 9.78 Å². The number of ether oxygens (including phenoxy) is 1. The number of aromatic nitrogens is 4. The predicted octanol–water partition coefficient (Wildman–Crippen LogP) is 4.23. The van der Waals surface area contributed by atoms with Gasteiger partial charge in [0.1, 0.15) is 5.75 Å². The monoisotopic (exact) mass is 470 g/mol. The lowest BCUT2D eigenvalue weighted by molar-refractivity contribution is 0.0760. The van der Waals surface area contributed by atoms with E-state index in [0.717, 1.165) is 61.4 Å². The number of amides is 1. The first kappa shape index (κ1) is 22.8. The van der Waals surface area contributed by atoms with Crippen molar-refractivity contribution < 1.29 is 9.53 Å². The van der Waals surface area contributed by atoms with E-state index >= 15 is 0 Å². The molecule has 3 aromatic heterocycles. The second-order valence-electron chi connectivity index (χ2n) is 8.98. The number of likely N-dealkylation sites (tertiary alicyclic amines) is 1. The average molecular weight is 471 g/mol. The van der Waals surface area contributed by atoms with Crippen LogP contribution in [0.5, 0.6) is 5.75 Å². The molecule has 1 amide bonds. The lowest BCUT2D eigenvalue weighted by atomic mass is 9.95. The van der Waals surface area contributed by atoms with Gasteiger partial charge < -0.3 is 15.0 Å². The summed E-state index contributed by atoms with van der Waals surface area (Å²) in [5.74, 6) is 1.29. The van der Waals surface area contributed by atoms with E-state index < -0.39 is 0 Å². The first-order chi connectivity index (χ1) is 17.2. The molecule has 5 rings (SSSR count). The normalized spacial score (nSPS) is 16.1. The van der Waals surface area contributed by atoms with Crippen molar-refractivity contribution >= 4 is 17.2 Å². The smallest absolute Gasteiger partial charge is 0.253 e. The van der Waals surface area contributed by atoms with Crippen LogP contribution in [0, 0.1) is 5.92 Å². The van der Waals surface area contributed by atoms with E-state index in [2.05, 4.69) is 26.4 Å². The van der Waals surface area contributed by atoms with Gasteiger partial charge in [-0.25, -0.2) is 9.50 Å². The van der Waals surface area contributed by atoms with Crippen molar-refractivity contribution in [2.24, 2.45) is 5.92 Å². The number of fused-ring (bicyclic) bond motifs is 1. The molecule has 1 N–H and O–H groups in total.